The molecule has 1 aromatic heterocycles. The summed E-state index contributed by atoms with van der Waals surface area (Å²) >= 11 is 13.3. The van der Waals surface area contributed by atoms with Crippen LogP contribution in [-0.2, 0) is 17.6 Å². The van der Waals surface area contributed by atoms with Crippen molar-refractivity contribution in [2.24, 2.45) is 11.8 Å². The molecule has 33 heavy (non-hydrogen) atoms. The monoisotopic (exact) mass is 599 g/mol. The predicted molar refractivity (Wildman–Crippen MR) is 145 cm³/mol. The molecule has 0 spiro atoms. The molecule has 1 aliphatic carbocycles. The molecule has 1 aliphatic rings. The van der Waals surface area contributed by atoms with E-state index in [2.05, 4.69) is 76.7 Å². The maximum Gasteiger partial charge on any atom is 0.303 e. The van der Waals surface area contributed by atoms with E-state index in [0.29, 0.717) is 12.3 Å². The van der Waals surface area contributed by atoms with Crippen LogP contribution in [0.15, 0.2) is 33.3 Å². The van der Waals surface area contributed by atoms with Crippen molar-refractivity contribution in [2.45, 2.75) is 85.0 Å². The van der Waals surface area contributed by atoms with Gasteiger partial charge in [0.1, 0.15) is 0 Å². The zero-order valence-corrected chi connectivity index (χ0v) is 24.1. The maximum absolute atomic E-state index is 10.6. The van der Waals surface area contributed by atoms with Crippen molar-refractivity contribution in [3.8, 4) is 0 Å². The van der Waals surface area contributed by atoms with Gasteiger partial charge in [-0.25, -0.2) is 0 Å². The molecule has 1 aromatic carbocycles. The molecule has 1 N–H and O–H groups in total. The molecule has 1 heterocycles. The van der Waals surface area contributed by atoms with Crippen LogP contribution < -0.4 is 0 Å². The number of carboxylic acids is 1. The number of aliphatic carboxylic acids is 1. The number of hydrogen-bond donors (Lipinski definition) is 1. The zero-order chi connectivity index (χ0) is 24.5. The summed E-state index contributed by atoms with van der Waals surface area (Å²) in [6.45, 7) is 8.76. The van der Waals surface area contributed by atoms with Crippen LogP contribution in [0.4, 0.5) is 0 Å². The second-order valence-corrected chi connectivity index (χ2v) is 11.4. The summed E-state index contributed by atoms with van der Waals surface area (Å²) in [5.41, 5.74) is 5.13. The summed E-state index contributed by atoms with van der Waals surface area (Å²) in [5.74, 6) is 0.773. The van der Waals surface area contributed by atoms with E-state index >= 15 is 0 Å². The van der Waals surface area contributed by atoms with Crippen LogP contribution in [0.2, 0.25) is 5.02 Å². The molecule has 182 valence electrons. The highest BCUT2D eigenvalue weighted by Crippen LogP contribution is 2.39. The smallest absolute Gasteiger partial charge is 0.303 e. The summed E-state index contributed by atoms with van der Waals surface area (Å²) in [4.78, 5) is 15.2. The minimum absolute atomic E-state index is 0.284. The van der Waals surface area contributed by atoms with E-state index in [0.717, 1.165) is 52.0 Å². The summed E-state index contributed by atoms with van der Waals surface area (Å²) in [6.07, 6.45) is 9.85. The van der Waals surface area contributed by atoms with E-state index in [1.54, 1.807) is 0 Å². The average Bonchev–Trinajstić information content (AvgIpc) is 2.88. The lowest BCUT2D eigenvalue weighted by molar-refractivity contribution is -0.138. The fraction of sp³-hybridized carbons (Fsp3) is 0.556. The lowest BCUT2D eigenvalue weighted by atomic mass is 9.90. The van der Waals surface area contributed by atoms with Crippen LogP contribution in [0, 0.1) is 11.8 Å². The van der Waals surface area contributed by atoms with Crippen molar-refractivity contribution in [1.29, 1.82) is 0 Å². The number of carboxylic acid groups (broad SMARTS) is 1. The van der Waals surface area contributed by atoms with Gasteiger partial charge >= 0.3 is 5.97 Å². The van der Waals surface area contributed by atoms with Crippen LogP contribution >= 0.6 is 43.5 Å². The van der Waals surface area contributed by atoms with Gasteiger partial charge in [0.2, 0.25) is 0 Å². The minimum Gasteiger partial charge on any atom is -0.481 e. The van der Waals surface area contributed by atoms with Gasteiger partial charge in [-0.1, -0.05) is 80.9 Å². The standard InChI is InChI=1S/C15H12Br2ClN.C12H24O2/c1-8-14-9(5-12(18)6-13(14)17)2-3-10-4-11(16)7-19-15(8)10;1-4-6-11(9-12(13)14)8-7-10(3)5-2/h4-8H,2-3H2,1H3;10-11H,4-9H2,1-3H3,(H,13,14). The number of nitrogens with zero attached hydrogens (tertiary/aromatic N) is 1. The summed E-state index contributed by atoms with van der Waals surface area (Å²) in [5, 5.41) is 9.52. The Balaban J connectivity index is 0.000000248. The number of benzene rings is 1. The van der Waals surface area contributed by atoms with Gasteiger partial charge in [-0.2, -0.15) is 0 Å². The molecule has 0 bridgehead atoms. The first-order valence-corrected chi connectivity index (χ1v) is 14.0. The maximum atomic E-state index is 10.6. The number of aryl methyl sites for hydroxylation is 2. The van der Waals surface area contributed by atoms with Crippen molar-refractivity contribution < 1.29 is 9.90 Å². The van der Waals surface area contributed by atoms with Crippen LogP contribution in [0.5, 0.6) is 0 Å². The molecule has 0 radical (unpaired) electrons. The third kappa shape index (κ3) is 8.67. The lowest BCUT2D eigenvalue weighted by Gasteiger charge is -2.16. The van der Waals surface area contributed by atoms with E-state index in [9.17, 15) is 4.79 Å². The first-order chi connectivity index (χ1) is 15.7. The second-order valence-electron chi connectivity index (χ2n) is 9.22. The molecule has 0 aliphatic heterocycles. The number of hydrogen-bond acceptors (Lipinski definition) is 2. The second kappa shape index (κ2) is 13.8. The summed E-state index contributed by atoms with van der Waals surface area (Å²) in [6, 6.07) is 6.24. The molecule has 0 amide bonds. The largest absolute Gasteiger partial charge is 0.481 e. The van der Waals surface area contributed by atoms with Crippen molar-refractivity contribution >= 4 is 49.4 Å². The van der Waals surface area contributed by atoms with Crippen molar-refractivity contribution in [3.05, 3.63) is 60.7 Å². The first kappa shape index (κ1) is 28.3. The molecule has 3 unspecified atom stereocenters. The minimum atomic E-state index is -0.646. The van der Waals surface area contributed by atoms with Crippen molar-refractivity contribution in [2.75, 3.05) is 0 Å². The van der Waals surface area contributed by atoms with Gasteiger partial charge in [0.15, 0.2) is 0 Å². The highest BCUT2D eigenvalue weighted by Gasteiger charge is 2.24. The third-order valence-corrected chi connectivity index (χ3v) is 7.89. The van der Waals surface area contributed by atoms with E-state index in [-0.39, 0.29) is 5.92 Å². The molecule has 0 saturated carbocycles. The molecule has 2 aromatic rings. The van der Waals surface area contributed by atoms with E-state index in [1.807, 2.05) is 12.3 Å². The lowest BCUT2D eigenvalue weighted by Crippen LogP contribution is -2.09. The molecular weight excluding hydrogens is 566 g/mol. The summed E-state index contributed by atoms with van der Waals surface area (Å²) in [7, 11) is 0. The molecule has 6 heteroatoms. The Labute approximate surface area is 221 Å². The fourth-order valence-electron chi connectivity index (χ4n) is 4.55. The Morgan fingerprint density at radius 3 is 2.48 bits per heavy atom. The molecule has 3 nitrogen and oxygen atoms in total. The number of fused-ring (bicyclic) bond motifs is 2. The highest BCUT2D eigenvalue weighted by atomic mass is 79.9. The van der Waals surface area contributed by atoms with Crippen LogP contribution in [-0.4, -0.2) is 16.1 Å². The van der Waals surface area contributed by atoms with Gasteiger partial charge in [-0.3, -0.25) is 9.78 Å². The normalized spacial score (nSPS) is 16.5. The van der Waals surface area contributed by atoms with E-state index < -0.39 is 5.97 Å². The van der Waals surface area contributed by atoms with Gasteiger partial charge in [-0.15, -0.1) is 0 Å². The van der Waals surface area contributed by atoms with Gasteiger partial charge < -0.3 is 5.11 Å². The Hall–Kier alpha value is -0.910. The van der Waals surface area contributed by atoms with Gasteiger partial charge in [0.25, 0.3) is 0 Å². The van der Waals surface area contributed by atoms with Crippen LogP contribution in [0.3, 0.4) is 0 Å². The number of carbonyl (C=O) groups is 1. The van der Waals surface area contributed by atoms with Gasteiger partial charge in [0.05, 0.1) is 5.69 Å². The molecule has 3 atom stereocenters. The predicted octanol–water partition coefficient (Wildman–Crippen LogP) is 9.21. The number of halogens is 3. The molecular formula is C27H36Br2ClNO2. The Morgan fingerprint density at radius 2 is 1.85 bits per heavy atom. The highest BCUT2D eigenvalue weighted by molar-refractivity contribution is 9.10. The SMILES string of the molecule is CC1c2ncc(Br)cc2CCc2cc(Cl)cc(Br)c21.CCCC(CCC(C)CC)CC(=O)O. The number of pyridine rings is 1. The Bertz CT molecular complexity index is 935. The fourth-order valence-corrected chi connectivity index (χ4v) is 6.14. The average molecular weight is 602 g/mol. The summed E-state index contributed by atoms with van der Waals surface area (Å²) < 4.78 is 2.13. The van der Waals surface area contributed by atoms with Crippen molar-refractivity contribution in [1.82, 2.24) is 4.98 Å². The molecule has 3 rings (SSSR count). The Morgan fingerprint density at radius 1 is 1.15 bits per heavy atom. The quantitative estimate of drug-likeness (QED) is 0.328. The van der Waals surface area contributed by atoms with Gasteiger partial charge in [0, 0.05) is 32.5 Å². The van der Waals surface area contributed by atoms with Gasteiger partial charge in [-0.05, 0) is 81.9 Å². The topological polar surface area (TPSA) is 50.2 Å². The van der Waals surface area contributed by atoms with E-state index in [1.165, 1.54) is 35.2 Å². The first-order valence-electron chi connectivity index (χ1n) is 12.0. The van der Waals surface area contributed by atoms with Crippen LogP contribution in [0.25, 0.3) is 0 Å². The Kier molecular flexibility index (Phi) is 11.9. The zero-order valence-electron chi connectivity index (χ0n) is 20.1. The van der Waals surface area contributed by atoms with E-state index in [4.69, 9.17) is 16.7 Å². The number of aromatic nitrogens is 1. The van der Waals surface area contributed by atoms with Crippen LogP contribution in [0.1, 0.15) is 94.5 Å². The molecule has 0 fully saturated rings. The number of rotatable bonds is 8. The third-order valence-electron chi connectivity index (χ3n) is 6.58. The molecule has 0 saturated heterocycles. The van der Waals surface area contributed by atoms with Crippen molar-refractivity contribution in [3.63, 3.8) is 0 Å².